The highest BCUT2D eigenvalue weighted by atomic mass is 79.9. The Morgan fingerprint density at radius 1 is 1.10 bits per heavy atom. The van der Waals surface area contributed by atoms with Gasteiger partial charge in [0.15, 0.2) is 17.4 Å². The largest absolute Gasteiger partial charge is 0.480 e. The molecule has 0 aliphatic carbocycles. The molecule has 0 radical (unpaired) electrons. The van der Waals surface area contributed by atoms with Gasteiger partial charge in [0, 0.05) is 29.0 Å². The summed E-state index contributed by atoms with van der Waals surface area (Å²) in [6.45, 7) is 4.18. The van der Waals surface area contributed by atoms with Crippen LogP contribution in [0.15, 0.2) is 62.7 Å². The number of pyridine rings is 1. The van der Waals surface area contributed by atoms with Crippen LogP contribution in [0, 0.1) is 5.92 Å². The molecule has 2 amide bonds. The molecular weight excluding hydrogens is 582 g/mol. The van der Waals surface area contributed by atoms with Gasteiger partial charge in [0.25, 0.3) is 11.8 Å². The van der Waals surface area contributed by atoms with E-state index in [9.17, 15) is 19.5 Å². The van der Waals surface area contributed by atoms with Crippen LogP contribution in [-0.2, 0) is 4.79 Å². The number of amides is 2. The fourth-order valence-corrected chi connectivity index (χ4v) is 4.25. The maximum atomic E-state index is 13.4. The lowest BCUT2D eigenvalue weighted by molar-refractivity contribution is -0.139. The standard InChI is InChI=1S/C27H32BrN7O5/c1-15(2)11-20(34-23(36)17-12-18(28)14-31-13-17)25-35-21(22(40-25)16-7-4-3-5-8-16)24(37)33-19(26(38)39)9-6-10-32-27(29)30/h3-5,7-8,12-15,19-20H,6,9-11H2,1-2H3,(H,33,37)(H,34,36)(H,38,39)(H4,29,30,32)/t19-,20-/m0/s1. The SMILES string of the molecule is CC(C)C[C@H](NC(=O)c1cncc(Br)c1)c1nc(C(=O)N[C@@H](CCCN=C(N)N)C(=O)O)c(-c2ccccc2)o1. The number of nitrogens with zero attached hydrogens (tertiary/aromatic N) is 3. The number of carbonyl (C=O) groups is 3. The Labute approximate surface area is 239 Å². The van der Waals surface area contributed by atoms with E-state index in [0.29, 0.717) is 28.4 Å². The number of guanidine groups is 1. The molecule has 40 heavy (non-hydrogen) atoms. The normalized spacial score (nSPS) is 12.4. The average Bonchev–Trinajstić information content (AvgIpc) is 3.35. The van der Waals surface area contributed by atoms with Crippen molar-refractivity contribution in [1.82, 2.24) is 20.6 Å². The first-order valence-electron chi connectivity index (χ1n) is 12.6. The van der Waals surface area contributed by atoms with Crippen molar-refractivity contribution in [3.05, 3.63) is 70.4 Å². The topological polar surface area (TPSA) is 199 Å². The molecule has 1 aromatic carbocycles. The van der Waals surface area contributed by atoms with Gasteiger partial charge in [0.05, 0.1) is 5.56 Å². The van der Waals surface area contributed by atoms with Crippen molar-refractivity contribution in [1.29, 1.82) is 0 Å². The quantitative estimate of drug-likeness (QED) is 0.109. The van der Waals surface area contributed by atoms with Crippen LogP contribution in [0.3, 0.4) is 0 Å². The molecular formula is C27H32BrN7O5. The highest BCUT2D eigenvalue weighted by Crippen LogP contribution is 2.30. The lowest BCUT2D eigenvalue weighted by Crippen LogP contribution is -2.41. The Balaban J connectivity index is 1.93. The van der Waals surface area contributed by atoms with Crippen molar-refractivity contribution in [3.8, 4) is 11.3 Å². The van der Waals surface area contributed by atoms with E-state index in [4.69, 9.17) is 15.9 Å². The van der Waals surface area contributed by atoms with E-state index in [-0.39, 0.29) is 42.2 Å². The molecule has 0 aliphatic rings. The minimum atomic E-state index is -1.21. The van der Waals surface area contributed by atoms with Crippen LogP contribution in [-0.4, -0.2) is 51.4 Å². The number of aliphatic imine (C=N–C) groups is 1. The third-order valence-electron chi connectivity index (χ3n) is 5.72. The average molecular weight is 615 g/mol. The van der Waals surface area contributed by atoms with Crippen molar-refractivity contribution in [2.75, 3.05) is 6.54 Å². The summed E-state index contributed by atoms with van der Waals surface area (Å²) in [6.07, 6.45) is 3.90. The number of carboxylic acid groups (broad SMARTS) is 1. The molecule has 2 heterocycles. The summed E-state index contributed by atoms with van der Waals surface area (Å²) in [7, 11) is 0. The van der Waals surface area contributed by atoms with Gasteiger partial charge in [-0.15, -0.1) is 0 Å². The number of hydrogen-bond donors (Lipinski definition) is 5. The Morgan fingerprint density at radius 3 is 2.45 bits per heavy atom. The van der Waals surface area contributed by atoms with Crippen molar-refractivity contribution in [2.24, 2.45) is 22.4 Å². The van der Waals surface area contributed by atoms with Crippen LogP contribution in [0.1, 0.15) is 65.9 Å². The molecule has 0 unspecified atom stereocenters. The summed E-state index contributed by atoms with van der Waals surface area (Å²) >= 11 is 3.32. The zero-order valence-corrected chi connectivity index (χ0v) is 23.7. The van der Waals surface area contributed by atoms with E-state index in [1.807, 2.05) is 19.9 Å². The van der Waals surface area contributed by atoms with E-state index in [1.54, 1.807) is 36.5 Å². The Hall–Kier alpha value is -4.26. The molecule has 0 fully saturated rings. The molecule has 7 N–H and O–H groups in total. The Bertz CT molecular complexity index is 1360. The second-order valence-electron chi connectivity index (χ2n) is 9.46. The van der Waals surface area contributed by atoms with Crippen LogP contribution in [0.4, 0.5) is 0 Å². The minimum absolute atomic E-state index is 0.0932. The smallest absolute Gasteiger partial charge is 0.326 e. The van der Waals surface area contributed by atoms with Crippen LogP contribution < -0.4 is 22.1 Å². The monoisotopic (exact) mass is 613 g/mol. The van der Waals surface area contributed by atoms with Gasteiger partial charge in [-0.25, -0.2) is 9.78 Å². The Kier molecular flexibility index (Phi) is 10.8. The molecule has 0 saturated carbocycles. The molecule has 212 valence electrons. The van der Waals surface area contributed by atoms with Crippen LogP contribution in [0.25, 0.3) is 11.3 Å². The second-order valence-corrected chi connectivity index (χ2v) is 10.4. The fourth-order valence-electron chi connectivity index (χ4n) is 3.88. The summed E-state index contributed by atoms with van der Waals surface area (Å²) < 4.78 is 6.75. The number of oxazole rings is 1. The van der Waals surface area contributed by atoms with E-state index in [0.717, 1.165) is 0 Å². The molecule has 3 rings (SSSR count). The molecule has 0 saturated heterocycles. The first-order valence-corrected chi connectivity index (χ1v) is 13.4. The van der Waals surface area contributed by atoms with Crippen molar-refractivity contribution in [2.45, 2.75) is 45.2 Å². The van der Waals surface area contributed by atoms with Crippen molar-refractivity contribution < 1.29 is 23.9 Å². The highest BCUT2D eigenvalue weighted by Gasteiger charge is 2.30. The zero-order chi connectivity index (χ0) is 29.2. The molecule has 3 aromatic rings. The van der Waals surface area contributed by atoms with Gasteiger partial charge in [-0.05, 0) is 47.2 Å². The summed E-state index contributed by atoms with van der Waals surface area (Å²) in [5, 5.41) is 15.1. The van der Waals surface area contributed by atoms with E-state index in [1.165, 1.54) is 6.20 Å². The number of benzene rings is 1. The summed E-state index contributed by atoms with van der Waals surface area (Å²) in [5.74, 6) is -2.02. The van der Waals surface area contributed by atoms with Crippen LogP contribution in [0.2, 0.25) is 0 Å². The maximum Gasteiger partial charge on any atom is 0.326 e. The summed E-state index contributed by atoms with van der Waals surface area (Å²) in [4.78, 5) is 50.6. The third-order valence-corrected chi connectivity index (χ3v) is 6.15. The van der Waals surface area contributed by atoms with E-state index in [2.05, 4.69) is 41.5 Å². The van der Waals surface area contributed by atoms with E-state index >= 15 is 0 Å². The predicted molar refractivity (Wildman–Crippen MR) is 152 cm³/mol. The van der Waals surface area contributed by atoms with Gasteiger partial charge in [-0.2, -0.15) is 0 Å². The zero-order valence-electron chi connectivity index (χ0n) is 22.1. The number of aromatic nitrogens is 2. The number of hydrogen-bond acceptors (Lipinski definition) is 7. The summed E-state index contributed by atoms with van der Waals surface area (Å²) in [6, 6.07) is 8.60. The number of rotatable bonds is 13. The predicted octanol–water partition coefficient (Wildman–Crippen LogP) is 3.25. The van der Waals surface area contributed by atoms with Gasteiger partial charge in [-0.3, -0.25) is 19.6 Å². The van der Waals surface area contributed by atoms with Gasteiger partial charge >= 0.3 is 5.97 Å². The molecule has 0 bridgehead atoms. The first-order chi connectivity index (χ1) is 19.0. The molecule has 13 heteroatoms. The molecule has 2 atom stereocenters. The van der Waals surface area contributed by atoms with Gasteiger partial charge < -0.3 is 31.6 Å². The molecule has 12 nitrogen and oxygen atoms in total. The lowest BCUT2D eigenvalue weighted by Gasteiger charge is -2.17. The highest BCUT2D eigenvalue weighted by molar-refractivity contribution is 9.10. The van der Waals surface area contributed by atoms with Gasteiger partial charge in [0.1, 0.15) is 12.1 Å². The third kappa shape index (κ3) is 8.63. The second kappa shape index (κ2) is 14.2. The number of nitrogens with one attached hydrogen (secondary N) is 2. The van der Waals surface area contributed by atoms with Crippen LogP contribution in [0.5, 0.6) is 0 Å². The number of halogens is 1. The number of aliphatic carboxylic acids is 1. The van der Waals surface area contributed by atoms with Gasteiger partial charge in [-0.1, -0.05) is 44.2 Å². The fraction of sp³-hybridized carbons (Fsp3) is 0.333. The van der Waals surface area contributed by atoms with Gasteiger partial charge in [0.2, 0.25) is 5.89 Å². The van der Waals surface area contributed by atoms with Crippen LogP contribution >= 0.6 is 15.9 Å². The number of carbonyl (C=O) groups excluding carboxylic acids is 2. The molecule has 0 spiro atoms. The maximum absolute atomic E-state index is 13.4. The molecule has 0 aliphatic heterocycles. The lowest BCUT2D eigenvalue weighted by atomic mass is 10.0. The Morgan fingerprint density at radius 2 is 1.82 bits per heavy atom. The first kappa shape index (κ1) is 30.3. The van der Waals surface area contributed by atoms with Crippen molar-refractivity contribution >= 4 is 39.7 Å². The van der Waals surface area contributed by atoms with Crippen molar-refractivity contribution in [3.63, 3.8) is 0 Å². The summed E-state index contributed by atoms with van der Waals surface area (Å²) in [5.41, 5.74) is 11.4. The van der Waals surface area contributed by atoms with E-state index < -0.39 is 29.9 Å². The minimum Gasteiger partial charge on any atom is -0.480 e. The number of carboxylic acids is 1. The number of nitrogens with two attached hydrogens (primary N) is 2. The molecule has 2 aromatic heterocycles.